The van der Waals surface area contributed by atoms with Crippen LogP contribution in [0, 0.1) is 11.3 Å². The Hall–Kier alpha value is -3.08. The first-order chi connectivity index (χ1) is 14.8. The molecule has 0 aromatic heterocycles. The number of cyclic esters (lactones) is 1. The second kappa shape index (κ2) is 8.58. The Bertz CT molecular complexity index is 995. The van der Waals surface area contributed by atoms with Crippen LogP contribution in [0.4, 0.5) is 5.69 Å². The number of rotatable bonds is 7. The molecule has 1 heterocycles. The van der Waals surface area contributed by atoms with Crippen molar-refractivity contribution in [3.63, 3.8) is 0 Å². The minimum Gasteiger partial charge on any atom is -0.491 e. The molecular formula is C26H29NO4. The van der Waals surface area contributed by atoms with Gasteiger partial charge in [0.2, 0.25) is 5.91 Å². The number of anilines is 1. The van der Waals surface area contributed by atoms with Gasteiger partial charge in [0.1, 0.15) is 5.75 Å². The summed E-state index contributed by atoms with van der Waals surface area (Å²) in [5.74, 6) is 0.807. The van der Waals surface area contributed by atoms with Crippen molar-refractivity contribution >= 4 is 17.6 Å². The van der Waals surface area contributed by atoms with E-state index in [1.54, 1.807) is 0 Å². The minimum atomic E-state index is -0.467. The van der Waals surface area contributed by atoms with Crippen LogP contribution in [0.3, 0.4) is 0 Å². The highest BCUT2D eigenvalue weighted by Crippen LogP contribution is 2.52. The summed E-state index contributed by atoms with van der Waals surface area (Å²) in [6.07, 6.45) is 2.57. The Morgan fingerprint density at radius 2 is 2.00 bits per heavy atom. The fourth-order valence-corrected chi connectivity index (χ4v) is 4.72. The quantitative estimate of drug-likeness (QED) is 0.522. The van der Waals surface area contributed by atoms with E-state index in [0.717, 1.165) is 34.6 Å². The average Bonchev–Trinajstić information content (AvgIpc) is 3.17. The summed E-state index contributed by atoms with van der Waals surface area (Å²) in [4.78, 5) is 25.0. The topological polar surface area (TPSA) is 64.6 Å². The van der Waals surface area contributed by atoms with Crippen LogP contribution in [-0.4, -0.2) is 24.6 Å². The fourth-order valence-electron chi connectivity index (χ4n) is 4.72. The molecule has 162 valence electrons. The van der Waals surface area contributed by atoms with Crippen LogP contribution >= 0.6 is 0 Å². The summed E-state index contributed by atoms with van der Waals surface area (Å²) in [5.41, 5.74) is 3.37. The predicted molar refractivity (Wildman–Crippen MR) is 120 cm³/mol. The number of hydrogen-bond donors (Lipinski definition) is 1. The van der Waals surface area contributed by atoms with Crippen LogP contribution in [0.5, 0.6) is 5.75 Å². The van der Waals surface area contributed by atoms with Gasteiger partial charge in [-0.2, -0.15) is 0 Å². The summed E-state index contributed by atoms with van der Waals surface area (Å²) in [6, 6.07) is 15.3. The van der Waals surface area contributed by atoms with Crippen molar-refractivity contribution < 1.29 is 19.1 Å². The van der Waals surface area contributed by atoms with Gasteiger partial charge in [-0.25, -0.2) is 0 Å². The SMILES string of the molecule is C=C1CC2COC(=O)C2(Cc2ccc(NC(=O)Cc3cccc(OC(C)C)c3)cc2)C1. The number of hydrogen-bond acceptors (Lipinski definition) is 4. The number of fused-ring (bicyclic) bond motifs is 1. The molecule has 5 heteroatoms. The van der Waals surface area contributed by atoms with E-state index < -0.39 is 5.41 Å². The van der Waals surface area contributed by atoms with Crippen molar-refractivity contribution in [1.29, 1.82) is 0 Å². The van der Waals surface area contributed by atoms with Crippen molar-refractivity contribution in [3.8, 4) is 5.75 Å². The number of nitrogens with one attached hydrogen (secondary N) is 1. The normalized spacial score (nSPS) is 22.4. The standard InChI is InChI=1S/C26H29NO4/c1-17(2)31-23-6-4-5-20(12-23)13-24(28)27-22-9-7-19(8-10-22)15-26-14-18(3)11-21(26)16-30-25(26)29/h4-10,12,17,21H,3,11,13-16H2,1-2H3,(H,27,28). The van der Waals surface area contributed by atoms with Crippen LogP contribution in [0.2, 0.25) is 0 Å². The number of benzene rings is 2. The minimum absolute atomic E-state index is 0.0837. The molecular weight excluding hydrogens is 390 g/mol. The van der Waals surface area contributed by atoms with Crippen molar-refractivity contribution in [2.24, 2.45) is 11.3 Å². The Balaban J connectivity index is 1.37. The third-order valence-electron chi connectivity index (χ3n) is 6.10. The smallest absolute Gasteiger partial charge is 0.313 e. The molecule has 2 atom stereocenters. The summed E-state index contributed by atoms with van der Waals surface area (Å²) in [5, 5.41) is 2.95. The van der Waals surface area contributed by atoms with Gasteiger partial charge in [-0.1, -0.05) is 36.4 Å². The largest absolute Gasteiger partial charge is 0.491 e. The molecule has 1 saturated heterocycles. The van der Waals surface area contributed by atoms with E-state index >= 15 is 0 Å². The monoisotopic (exact) mass is 419 g/mol. The summed E-state index contributed by atoms with van der Waals surface area (Å²) in [7, 11) is 0. The van der Waals surface area contributed by atoms with Crippen LogP contribution in [0.15, 0.2) is 60.7 Å². The lowest BCUT2D eigenvalue weighted by Gasteiger charge is -2.24. The van der Waals surface area contributed by atoms with E-state index in [1.807, 2.05) is 62.4 Å². The molecule has 2 aliphatic rings. The van der Waals surface area contributed by atoms with Gasteiger partial charge in [0.15, 0.2) is 0 Å². The number of amides is 1. The molecule has 4 rings (SSSR count). The van der Waals surface area contributed by atoms with E-state index in [9.17, 15) is 9.59 Å². The zero-order valence-corrected chi connectivity index (χ0v) is 18.1. The van der Waals surface area contributed by atoms with Crippen LogP contribution in [0.25, 0.3) is 0 Å². The lowest BCUT2D eigenvalue weighted by atomic mass is 9.75. The lowest BCUT2D eigenvalue weighted by molar-refractivity contribution is -0.146. The number of allylic oxidation sites excluding steroid dienone is 1. The maximum absolute atomic E-state index is 12.5. The zero-order chi connectivity index (χ0) is 22.0. The molecule has 1 aliphatic heterocycles. The Labute approximate surface area is 183 Å². The average molecular weight is 420 g/mol. The number of ether oxygens (including phenoxy) is 2. The predicted octanol–water partition coefficient (Wildman–Crippen LogP) is 4.71. The first-order valence-electron chi connectivity index (χ1n) is 10.8. The number of esters is 1. The molecule has 1 saturated carbocycles. The van der Waals surface area contributed by atoms with Crippen molar-refractivity contribution in [2.75, 3.05) is 11.9 Å². The molecule has 2 aromatic rings. The number of carbonyl (C=O) groups is 2. The summed E-state index contributed by atoms with van der Waals surface area (Å²) < 4.78 is 11.1. The Morgan fingerprint density at radius 3 is 2.74 bits per heavy atom. The van der Waals surface area contributed by atoms with Gasteiger partial charge in [0.25, 0.3) is 0 Å². The molecule has 2 unspecified atom stereocenters. The summed E-state index contributed by atoms with van der Waals surface area (Å²) in [6.45, 7) is 8.54. The highest BCUT2D eigenvalue weighted by molar-refractivity contribution is 5.92. The highest BCUT2D eigenvalue weighted by atomic mass is 16.5. The maximum atomic E-state index is 12.5. The molecule has 31 heavy (non-hydrogen) atoms. The molecule has 0 spiro atoms. The number of carbonyl (C=O) groups excluding carboxylic acids is 2. The van der Waals surface area contributed by atoms with Crippen LogP contribution in [0.1, 0.15) is 37.8 Å². The Kier molecular flexibility index (Phi) is 5.86. The van der Waals surface area contributed by atoms with Crippen molar-refractivity contribution in [2.45, 2.75) is 45.6 Å². The van der Waals surface area contributed by atoms with Gasteiger partial charge in [0.05, 0.1) is 24.5 Å². The third kappa shape index (κ3) is 4.66. The maximum Gasteiger partial charge on any atom is 0.313 e. The molecule has 1 aliphatic carbocycles. The summed E-state index contributed by atoms with van der Waals surface area (Å²) >= 11 is 0. The molecule has 1 amide bonds. The van der Waals surface area contributed by atoms with E-state index in [-0.39, 0.29) is 30.3 Å². The fraction of sp³-hybridized carbons (Fsp3) is 0.385. The molecule has 2 fully saturated rings. The third-order valence-corrected chi connectivity index (χ3v) is 6.10. The molecule has 1 N–H and O–H groups in total. The molecule has 0 radical (unpaired) electrons. The van der Waals surface area contributed by atoms with Gasteiger partial charge in [-0.3, -0.25) is 9.59 Å². The van der Waals surface area contributed by atoms with Crippen LogP contribution < -0.4 is 10.1 Å². The van der Waals surface area contributed by atoms with Crippen molar-refractivity contribution in [1.82, 2.24) is 0 Å². The zero-order valence-electron chi connectivity index (χ0n) is 18.1. The lowest BCUT2D eigenvalue weighted by Crippen LogP contribution is -2.31. The Morgan fingerprint density at radius 1 is 1.23 bits per heavy atom. The molecule has 0 bridgehead atoms. The van der Waals surface area contributed by atoms with E-state index in [2.05, 4.69) is 11.9 Å². The van der Waals surface area contributed by atoms with E-state index in [1.165, 1.54) is 0 Å². The molecule has 5 nitrogen and oxygen atoms in total. The van der Waals surface area contributed by atoms with Gasteiger partial charge >= 0.3 is 5.97 Å². The first kappa shape index (κ1) is 21.2. The first-order valence-corrected chi connectivity index (χ1v) is 10.8. The van der Waals surface area contributed by atoms with Gasteiger partial charge in [-0.05, 0) is 68.5 Å². The van der Waals surface area contributed by atoms with Gasteiger partial charge in [0, 0.05) is 11.6 Å². The van der Waals surface area contributed by atoms with Gasteiger partial charge < -0.3 is 14.8 Å². The second-order valence-electron chi connectivity index (χ2n) is 9.00. The second-order valence-corrected chi connectivity index (χ2v) is 9.00. The van der Waals surface area contributed by atoms with Gasteiger partial charge in [-0.15, -0.1) is 0 Å². The van der Waals surface area contributed by atoms with Crippen LogP contribution in [-0.2, 0) is 27.2 Å². The van der Waals surface area contributed by atoms with E-state index in [4.69, 9.17) is 9.47 Å². The van der Waals surface area contributed by atoms with Crippen molar-refractivity contribution in [3.05, 3.63) is 71.8 Å². The van der Waals surface area contributed by atoms with E-state index in [0.29, 0.717) is 19.4 Å². The molecule has 2 aromatic carbocycles. The highest BCUT2D eigenvalue weighted by Gasteiger charge is 2.55.